The number of para-hydroxylation sites is 1. The summed E-state index contributed by atoms with van der Waals surface area (Å²) in [5, 5.41) is 3.64. The van der Waals surface area contributed by atoms with E-state index in [1.165, 1.54) is 30.6 Å². The first-order valence-electron chi connectivity index (χ1n) is 8.50. The topological polar surface area (TPSA) is 15.3 Å². The Morgan fingerprint density at radius 3 is 2.71 bits per heavy atom. The van der Waals surface area contributed by atoms with Gasteiger partial charge in [-0.25, -0.2) is 0 Å². The van der Waals surface area contributed by atoms with Crippen LogP contribution in [0.3, 0.4) is 0 Å². The highest BCUT2D eigenvalue weighted by atomic mass is 15.2. The van der Waals surface area contributed by atoms with Gasteiger partial charge < -0.3 is 10.2 Å². The fourth-order valence-electron chi connectivity index (χ4n) is 3.26. The van der Waals surface area contributed by atoms with Crippen LogP contribution in [-0.2, 0) is 6.42 Å². The summed E-state index contributed by atoms with van der Waals surface area (Å²) >= 11 is 0. The smallest absolute Gasteiger partial charge is 0.0399 e. The Hall–Kier alpha value is -1.02. The molecule has 1 aromatic rings. The van der Waals surface area contributed by atoms with Crippen LogP contribution in [0.1, 0.15) is 46.6 Å². The summed E-state index contributed by atoms with van der Waals surface area (Å²) in [6.45, 7) is 15.0. The Morgan fingerprint density at radius 1 is 1.33 bits per heavy atom. The Balaban J connectivity index is 2.13. The second kappa shape index (κ2) is 6.83. The van der Waals surface area contributed by atoms with E-state index in [1.54, 1.807) is 0 Å². The van der Waals surface area contributed by atoms with Gasteiger partial charge in [0.25, 0.3) is 0 Å². The van der Waals surface area contributed by atoms with Crippen molar-refractivity contribution < 1.29 is 0 Å². The molecular formula is C19H32N2. The third-order valence-corrected chi connectivity index (χ3v) is 4.80. The summed E-state index contributed by atoms with van der Waals surface area (Å²) in [5.74, 6) is 0.749. The Morgan fingerprint density at radius 2 is 2.05 bits per heavy atom. The highest BCUT2D eigenvalue weighted by Crippen LogP contribution is 2.33. The summed E-state index contributed by atoms with van der Waals surface area (Å²) in [4.78, 5) is 2.62. The van der Waals surface area contributed by atoms with Crippen molar-refractivity contribution in [1.29, 1.82) is 0 Å². The van der Waals surface area contributed by atoms with E-state index >= 15 is 0 Å². The number of rotatable bonds is 6. The van der Waals surface area contributed by atoms with E-state index in [0.717, 1.165) is 19.0 Å². The maximum absolute atomic E-state index is 3.64. The highest BCUT2D eigenvalue weighted by molar-refractivity contribution is 5.55. The third-order valence-electron chi connectivity index (χ3n) is 4.80. The van der Waals surface area contributed by atoms with Crippen molar-refractivity contribution in [3.8, 4) is 0 Å². The zero-order valence-electron chi connectivity index (χ0n) is 14.4. The van der Waals surface area contributed by atoms with Gasteiger partial charge in [0.2, 0.25) is 0 Å². The fourth-order valence-corrected chi connectivity index (χ4v) is 3.26. The SMILES string of the molecule is CCC(C)(CNC(C)C)CN1CC(C)Cc2ccccc21. The lowest BCUT2D eigenvalue weighted by molar-refractivity contribution is 0.280. The van der Waals surface area contributed by atoms with Gasteiger partial charge in [-0.15, -0.1) is 0 Å². The molecule has 118 valence electrons. The van der Waals surface area contributed by atoms with Crippen molar-refractivity contribution in [2.45, 2.75) is 53.5 Å². The van der Waals surface area contributed by atoms with Gasteiger partial charge in [-0.1, -0.05) is 52.8 Å². The van der Waals surface area contributed by atoms with Gasteiger partial charge >= 0.3 is 0 Å². The van der Waals surface area contributed by atoms with E-state index in [2.05, 4.69) is 69.1 Å². The minimum Gasteiger partial charge on any atom is -0.370 e. The number of fused-ring (bicyclic) bond motifs is 1. The molecule has 0 saturated carbocycles. The average molecular weight is 288 g/mol. The number of nitrogens with zero attached hydrogens (tertiary/aromatic N) is 1. The zero-order valence-corrected chi connectivity index (χ0v) is 14.4. The van der Waals surface area contributed by atoms with Gasteiger partial charge in [0.1, 0.15) is 0 Å². The summed E-state index contributed by atoms with van der Waals surface area (Å²) < 4.78 is 0. The van der Waals surface area contributed by atoms with Gasteiger partial charge in [-0.3, -0.25) is 0 Å². The third kappa shape index (κ3) is 4.23. The molecule has 1 N–H and O–H groups in total. The van der Waals surface area contributed by atoms with Crippen molar-refractivity contribution >= 4 is 5.69 Å². The van der Waals surface area contributed by atoms with Crippen LogP contribution >= 0.6 is 0 Å². The molecule has 0 amide bonds. The van der Waals surface area contributed by atoms with Crippen molar-refractivity contribution in [2.75, 3.05) is 24.5 Å². The van der Waals surface area contributed by atoms with Crippen molar-refractivity contribution in [1.82, 2.24) is 5.32 Å². The molecule has 1 aliphatic rings. The molecule has 0 radical (unpaired) electrons. The first-order valence-corrected chi connectivity index (χ1v) is 8.50. The predicted octanol–water partition coefficient (Wildman–Crippen LogP) is 4.10. The first kappa shape index (κ1) is 16.4. The van der Waals surface area contributed by atoms with Crippen LogP contribution in [0.25, 0.3) is 0 Å². The molecule has 1 aliphatic heterocycles. The summed E-state index contributed by atoms with van der Waals surface area (Å²) in [5.41, 5.74) is 3.31. The van der Waals surface area contributed by atoms with Gasteiger partial charge in [-0.2, -0.15) is 0 Å². The Kier molecular flexibility index (Phi) is 5.32. The number of hydrogen-bond acceptors (Lipinski definition) is 2. The molecule has 1 aromatic carbocycles. The number of benzene rings is 1. The molecule has 0 aliphatic carbocycles. The normalized spacial score (nSPS) is 21.2. The second-order valence-corrected chi connectivity index (χ2v) is 7.52. The number of hydrogen-bond donors (Lipinski definition) is 1. The van der Waals surface area contributed by atoms with E-state index in [9.17, 15) is 0 Å². The maximum atomic E-state index is 3.64. The van der Waals surface area contributed by atoms with Crippen molar-refractivity contribution in [3.63, 3.8) is 0 Å². The van der Waals surface area contributed by atoms with Gasteiger partial charge in [0.15, 0.2) is 0 Å². The minimum atomic E-state index is 0.328. The molecule has 2 atom stereocenters. The van der Waals surface area contributed by atoms with Crippen LogP contribution in [0.4, 0.5) is 5.69 Å². The van der Waals surface area contributed by atoms with Crippen LogP contribution in [-0.4, -0.2) is 25.7 Å². The lowest BCUT2D eigenvalue weighted by Crippen LogP contribution is -2.46. The lowest BCUT2D eigenvalue weighted by Gasteiger charge is -2.41. The van der Waals surface area contributed by atoms with Crippen LogP contribution < -0.4 is 10.2 Å². The molecule has 21 heavy (non-hydrogen) atoms. The summed E-state index contributed by atoms with van der Waals surface area (Å²) in [6.07, 6.45) is 2.43. The van der Waals surface area contributed by atoms with Crippen LogP contribution in [0, 0.1) is 11.3 Å². The fraction of sp³-hybridized carbons (Fsp3) is 0.684. The van der Waals surface area contributed by atoms with E-state index in [4.69, 9.17) is 0 Å². The molecular weight excluding hydrogens is 256 g/mol. The molecule has 0 spiro atoms. The summed E-state index contributed by atoms with van der Waals surface area (Å²) in [6, 6.07) is 9.51. The molecule has 0 bridgehead atoms. The Labute approximate surface area is 130 Å². The van der Waals surface area contributed by atoms with Gasteiger partial charge in [-0.05, 0) is 35.8 Å². The first-order chi connectivity index (χ1) is 9.93. The molecule has 0 aromatic heterocycles. The Bertz CT molecular complexity index is 455. The van der Waals surface area contributed by atoms with Crippen LogP contribution in [0.15, 0.2) is 24.3 Å². The predicted molar refractivity (Wildman–Crippen MR) is 93.1 cm³/mol. The van der Waals surface area contributed by atoms with Crippen LogP contribution in [0.2, 0.25) is 0 Å². The van der Waals surface area contributed by atoms with E-state index < -0.39 is 0 Å². The van der Waals surface area contributed by atoms with E-state index in [1.807, 2.05) is 0 Å². The van der Waals surface area contributed by atoms with E-state index in [-0.39, 0.29) is 0 Å². The second-order valence-electron chi connectivity index (χ2n) is 7.52. The van der Waals surface area contributed by atoms with Crippen LogP contribution in [0.5, 0.6) is 0 Å². The van der Waals surface area contributed by atoms with Gasteiger partial charge in [0.05, 0.1) is 0 Å². The molecule has 0 fully saturated rings. The molecule has 1 heterocycles. The standard InChI is InChI=1S/C19H32N2/c1-6-19(5,13-20-15(2)3)14-21-12-16(4)11-17-9-7-8-10-18(17)21/h7-10,15-16,20H,6,11-14H2,1-5H3. The molecule has 2 heteroatoms. The van der Waals surface area contributed by atoms with Crippen molar-refractivity contribution in [2.24, 2.45) is 11.3 Å². The van der Waals surface area contributed by atoms with Gasteiger partial charge in [0, 0.05) is 31.4 Å². The minimum absolute atomic E-state index is 0.328. The molecule has 2 rings (SSSR count). The summed E-state index contributed by atoms with van der Waals surface area (Å²) in [7, 11) is 0. The largest absolute Gasteiger partial charge is 0.370 e. The quantitative estimate of drug-likeness (QED) is 0.848. The highest BCUT2D eigenvalue weighted by Gasteiger charge is 2.29. The maximum Gasteiger partial charge on any atom is 0.0399 e. The number of anilines is 1. The van der Waals surface area contributed by atoms with Crippen molar-refractivity contribution in [3.05, 3.63) is 29.8 Å². The molecule has 0 saturated heterocycles. The molecule has 2 nitrogen and oxygen atoms in total. The number of nitrogens with one attached hydrogen (secondary N) is 1. The lowest BCUT2D eigenvalue weighted by atomic mass is 9.84. The average Bonchev–Trinajstić information content (AvgIpc) is 2.45. The monoisotopic (exact) mass is 288 g/mol. The van der Waals surface area contributed by atoms with E-state index in [0.29, 0.717) is 11.5 Å². The molecule has 2 unspecified atom stereocenters. The zero-order chi connectivity index (χ0) is 15.5.